The Morgan fingerprint density at radius 2 is 1.57 bits per heavy atom. The molecule has 2 heterocycles. The van der Waals surface area contributed by atoms with Crippen LogP contribution in [0.5, 0.6) is 0 Å². The van der Waals surface area contributed by atoms with Gasteiger partial charge in [-0.15, -0.1) is 0 Å². The van der Waals surface area contributed by atoms with Crippen LogP contribution < -0.4 is 9.21 Å². The van der Waals surface area contributed by atoms with Gasteiger partial charge in [-0.1, -0.05) is 0 Å². The summed E-state index contributed by atoms with van der Waals surface area (Å²) in [5.41, 5.74) is -0.369. The highest BCUT2D eigenvalue weighted by molar-refractivity contribution is 7.92. The van der Waals surface area contributed by atoms with Crippen LogP contribution in [0.25, 0.3) is 0 Å². The maximum atomic E-state index is 13.3. The predicted molar refractivity (Wildman–Crippen MR) is 110 cm³/mol. The molecule has 1 aromatic rings. The van der Waals surface area contributed by atoms with Crippen LogP contribution in [0, 0.1) is 0 Å². The lowest BCUT2D eigenvalue weighted by Crippen LogP contribution is -2.44. The molecule has 0 spiro atoms. The molecule has 12 heteroatoms. The van der Waals surface area contributed by atoms with Crippen molar-refractivity contribution in [3.05, 3.63) is 23.8 Å². The summed E-state index contributed by atoms with van der Waals surface area (Å²) in [6.45, 7) is 3.56. The lowest BCUT2D eigenvalue weighted by Gasteiger charge is -2.38. The van der Waals surface area contributed by atoms with E-state index >= 15 is 0 Å². The molecule has 0 amide bonds. The zero-order chi connectivity index (χ0) is 22.5. The van der Waals surface area contributed by atoms with E-state index in [0.29, 0.717) is 24.8 Å². The van der Waals surface area contributed by atoms with Gasteiger partial charge in [0, 0.05) is 31.9 Å². The number of piperidine rings is 1. The minimum absolute atomic E-state index is 0.0315. The van der Waals surface area contributed by atoms with Crippen molar-refractivity contribution < 1.29 is 30.0 Å². The molecule has 30 heavy (non-hydrogen) atoms. The second-order valence-corrected chi connectivity index (χ2v) is 9.65. The summed E-state index contributed by atoms with van der Waals surface area (Å²) in [5, 5.41) is 0. The Balaban J connectivity index is 0.00000101. The Labute approximate surface area is 178 Å². The van der Waals surface area contributed by atoms with Crippen LogP contribution in [0.15, 0.2) is 18.2 Å². The standard InChI is InChI=1S/C18H26F3N3O2S.O2S/c1-22(27(2,25)26)16-11-14(18(19,20)21)12-17(13-16)24-9-5-15(6-10-24)23-7-3-4-8-23;1-3-2/h11-13,15H,3-10H2,1-2H3;. The predicted octanol–water partition coefficient (Wildman–Crippen LogP) is 2.50. The number of rotatable bonds is 4. The van der Waals surface area contributed by atoms with Crippen molar-refractivity contribution in [1.82, 2.24) is 4.90 Å². The first-order chi connectivity index (χ1) is 14.0. The molecular formula is C18H26F3N3O4S2. The van der Waals surface area contributed by atoms with Crippen molar-refractivity contribution in [3.63, 3.8) is 0 Å². The molecule has 0 atom stereocenters. The topological polar surface area (TPSA) is 78.0 Å². The molecule has 2 aliphatic heterocycles. The first-order valence-corrected chi connectivity index (χ1v) is 12.1. The number of alkyl halides is 3. The van der Waals surface area contributed by atoms with Crippen LogP contribution in [-0.4, -0.2) is 67.3 Å². The average molecular weight is 470 g/mol. The van der Waals surface area contributed by atoms with Crippen LogP contribution in [0.1, 0.15) is 31.2 Å². The molecule has 0 unspecified atom stereocenters. The van der Waals surface area contributed by atoms with Gasteiger partial charge in [0.05, 0.1) is 17.5 Å². The van der Waals surface area contributed by atoms with Crippen LogP contribution in [-0.2, 0) is 27.8 Å². The largest absolute Gasteiger partial charge is 0.416 e. The number of benzene rings is 1. The zero-order valence-electron chi connectivity index (χ0n) is 16.9. The van der Waals surface area contributed by atoms with Gasteiger partial charge >= 0.3 is 17.7 Å². The van der Waals surface area contributed by atoms with Crippen molar-refractivity contribution >= 4 is 33.0 Å². The lowest BCUT2D eigenvalue weighted by atomic mass is 10.0. The Morgan fingerprint density at radius 1 is 1.03 bits per heavy atom. The third-order valence-corrected chi connectivity index (χ3v) is 6.78. The van der Waals surface area contributed by atoms with Crippen molar-refractivity contribution in [3.8, 4) is 0 Å². The number of hydrogen-bond acceptors (Lipinski definition) is 6. The number of sulfonamides is 1. The Hall–Kier alpha value is -1.66. The number of hydrogen-bond donors (Lipinski definition) is 0. The van der Waals surface area contributed by atoms with E-state index in [4.69, 9.17) is 8.42 Å². The monoisotopic (exact) mass is 469 g/mol. The molecular weight excluding hydrogens is 443 g/mol. The van der Waals surface area contributed by atoms with Gasteiger partial charge < -0.3 is 9.80 Å². The zero-order valence-corrected chi connectivity index (χ0v) is 18.5. The fourth-order valence-electron chi connectivity index (χ4n) is 3.91. The number of likely N-dealkylation sites (tertiary alicyclic amines) is 1. The number of halogens is 3. The second-order valence-electron chi connectivity index (χ2n) is 7.50. The molecule has 0 aliphatic carbocycles. The minimum Gasteiger partial charge on any atom is -0.371 e. The third-order valence-electron chi connectivity index (χ3n) is 5.58. The second kappa shape index (κ2) is 10.1. The van der Waals surface area contributed by atoms with E-state index in [1.54, 1.807) is 0 Å². The molecule has 2 saturated heterocycles. The molecule has 2 fully saturated rings. The van der Waals surface area contributed by atoms with E-state index in [-0.39, 0.29) is 5.69 Å². The van der Waals surface area contributed by atoms with Crippen molar-refractivity contribution in [2.45, 2.75) is 37.9 Å². The fourth-order valence-corrected chi connectivity index (χ4v) is 4.40. The maximum Gasteiger partial charge on any atom is 0.416 e. The van der Waals surface area contributed by atoms with Gasteiger partial charge in [-0.3, -0.25) is 4.31 Å². The van der Waals surface area contributed by atoms with Gasteiger partial charge in [0.2, 0.25) is 10.0 Å². The van der Waals surface area contributed by atoms with E-state index in [2.05, 4.69) is 4.90 Å². The summed E-state index contributed by atoms with van der Waals surface area (Å²) in [5.74, 6) is 0. The molecule has 0 radical (unpaired) electrons. The molecule has 0 bridgehead atoms. The SMILES string of the molecule is CN(c1cc(N2CCC(N3CCCC3)CC2)cc(C(F)(F)F)c1)S(C)(=O)=O.O=S=O. The molecule has 7 nitrogen and oxygen atoms in total. The van der Waals surface area contributed by atoms with Gasteiger partial charge in [0.15, 0.2) is 0 Å². The smallest absolute Gasteiger partial charge is 0.371 e. The minimum atomic E-state index is -4.53. The highest BCUT2D eigenvalue weighted by atomic mass is 32.2. The van der Waals surface area contributed by atoms with E-state index in [0.717, 1.165) is 48.6 Å². The van der Waals surface area contributed by atoms with Gasteiger partial charge in [-0.25, -0.2) is 8.42 Å². The molecule has 170 valence electrons. The molecule has 0 aromatic heterocycles. The molecule has 0 N–H and O–H groups in total. The molecule has 3 rings (SSSR count). The summed E-state index contributed by atoms with van der Waals surface area (Å²) in [6.07, 6.45) is 0.705. The first kappa shape index (κ1) is 24.6. The molecule has 2 aliphatic rings. The van der Waals surface area contributed by atoms with Crippen molar-refractivity contribution in [1.29, 1.82) is 0 Å². The van der Waals surface area contributed by atoms with Gasteiger partial charge in [-0.05, 0) is 57.0 Å². The van der Waals surface area contributed by atoms with E-state index < -0.39 is 33.3 Å². The fraction of sp³-hybridized carbons (Fsp3) is 0.667. The van der Waals surface area contributed by atoms with Crippen molar-refractivity contribution in [2.24, 2.45) is 0 Å². The third kappa shape index (κ3) is 6.42. The Bertz CT molecular complexity index is 860. The van der Waals surface area contributed by atoms with Crippen molar-refractivity contribution in [2.75, 3.05) is 48.7 Å². The van der Waals surface area contributed by atoms with Crippen LogP contribution in [0.4, 0.5) is 24.5 Å². The first-order valence-electron chi connectivity index (χ1n) is 9.54. The van der Waals surface area contributed by atoms with E-state index in [1.165, 1.54) is 26.0 Å². The van der Waals surface area contributed by atoms with Crippen LogP contribution in [0.3, 0.4) is 0 Å². The lowest BCUT2D eigenvalue weighted by molar-refractivity contribution is -0.137. The highest BCUT2D eigenvalue weighted by Gasteiger charge is 2.33. The number of nitrogens with zero attached hydrogens (tertiary/aromatic N) is 3. The number of anilines is 2. The van der Waals surface area contributed by atoms with Crippen LogP contribution in [0.2, 0.25) is 0 Å². The summed E-state index contributed by atoms with van der Waals surface area (Å²) in [4.78, 5) is 4.41. The molecule has 1 aromatic carbocycles. The van der Waals surface area contributed by atoms with E-state index in [1.807, 2.05) is 4.90 Å². The molecule has 0 saturated carbocycles. The Morgan fingerprint density at radius 3 is 2.03 bits per heavy atom. The summed E-state index contributed by atoms with van der Waals surface area (Å²) in [7, 11) is -2.37. The normalized spacial score (nSPS) is 18.6. The highest BCUT2D eigenvalue weighted by Crippen LogP contribution is 2.36. The summed E-state index contributed by atoms with van der Waals surface area (Å²) in [6, 6.07) is 4.04. The maximum absolute atomic E-state index is 13.3. The average Bonchev–Trinajstić information content (AvgIpc) is 3.21. The summed E-state index contributed by atoms with van der Waals surface area (Å²) >= 11 is -0.750. The quantitative estimate of drug-likeness (QED) is 0.674. The van der Waals surface area contributed by atoms with Gasteiger partial charge in [0.1, 0.15) is 0 Å². The van der Waals surface area contributed by atoms with Gasteiger partial charge in [0.25, 0.3) is 0 Å². The van der Waals surface area contributed by atoms with E-state index in [9.17, 15) is 21.6 Å². The van der Waals surface area contributed by atoms with Crippen LogP contribution >= 0.6 is 0 Å². The Kier molecular flexibility index (Phi) is 8.28. The van der Waals surface area contributed by atoms with Gasteiger partial charge in [-0.2, -0.15) is 21.6 Å². The summed E-state index contributed by atoms with van der Waals surface area (Å²) < 4.78 is 81.1.